The van der Waals surface area contributed by atoms with Crippen LogP contribution in [-0.2, 0) is 4.74 Å². The number of carbonyl (C=O) groups is 1. The highest BCUT2D eigenvalue weighted by atomic mass is 16.5. The van der Waals surface area contributed by atoms with Gasteiger partial charge in [-0.1, -0.05) is 0 Å². The van der Waals surface area contributed by atoms with E-state index in [0.717, 1.165) is 5.69 Å². The molecule has 1 saturated heterocycles. The predicted molar refractivity (Wildman–Crippen MR) is 54.6 cm³/mol. The van der Waals surface area contributed by atoms with Crippen LogP contribution in [0, 0.1) is 18.3 Å². The average Bonchev–Trinajstić information content (AvgIpc) is 2.74. The lowest BCUT2D eigenvalue weighted by Crippen LogP contribution is -2.45. The Morgan fingerprint density at radius 2 is 2.62 bits per heavy atom. The van der Waals surface area contributed by atoms with Crippen LogP contribution in [0.25, 0.3) is 0 Å². The minimum absolute atomic E-state index is 0.102. The van der Waals surface area contributed by atoms with Gasteiger partial charge in [0.1, 0.15) is 0 Å². The quantitative estimate of drug-likeness (QED) is 0.726. The zero-order valence-electron chi connectivity index (χ0n) is 8.93. The molecule has 1 aromatic rings. The number of morpholine rings is 1. The van der Waals surface area contributed by atoms with Gasteiger partial charge in [-0.25, -0.2) is 0 Å². The number of amides is 1. The molecule has 1 aliphatic heterocycles. The van der Waals surface area contributed by atoms with Crippen molar-refractivity contribution >= 4 is 5.91 Å². The monoisotopic (exact) mass is 220 g/mol. The second kappa shape index (κ2) is 4.33. The molecular formula is C10H12N4O2. The fourth-order valence-corrected chi connectivity index (χ4v) is 1.65. The second-order valence-electron chi connectivity index (χ2n) is 3.65. The number of carbonyl (C=O) groups excluding carboxylic acids is 1. The van der Waals surface area contributed by atoms with Gasteiger partial charge in [0, 0.05) is 12.2 Å². The molecule has 2 rings (SSSR count). The first-order valence-corrected chi connectivity index (χ1v) is 5.03. The summed E-state index contributed by atoms with van der Waals surface area (Å²) in [5.41, 5.74) is 1.29. The van der Waals surface area contributed by atoms with Gasteiger partial charge in [0.2, 0.25) is 0 Å². The number of ether oxygens (including phenoxy) is 1. The van der Waals surface area contributed by atoms with Gasteiger partial charge < -0.3 is 9.64 Å². The molecule has 1 amide bonds. The Morgan fingerprint density at radius 1 is 1.81 bits per heavy atom. The zero-order chi connectivity index (χ0) is 11.5. The number of aryl methyl sites for hydroxylation is 1. The first-order valence-electron chi connectivity index (χ1n) is 5.03. The van der Waals surface area contributed by atoms with Crippen molar-refractivity contribution in [1.29, 1.82) is 5.26 Å². The van der Waals surface area contributed by atoms with Crippen molar-refractivity contribution in [3.8, 4) is 6.07 Å². The van der Waals surface area contributed by atoms with Gasteiger partial charge in [0.25, 0.3) is 5.91 Å². The fraction of sp³-hybridized carbons (Fsp3) is 0.500. The molecular weight excluding hydrogens is 208 g/mol. The molecule has 1 aliphatic rings. The molecule has 2 heterocycles. The zero-order valence-corrected chi connectivity index (χ0v) is 8.93. The highest BCUT2D eigenvalue weighted by Crippen LogP contribution is 2.11. The van der Waals surface area contributed by atoms with E-state index < -0.39 is 6.10 Å². The van der Waals surface area contributed by atoms with E-state index in [2.05, 4.69) is 10.2 Å². The Hall–Kier alpha value is -1.87. The van der Waals surface area contributed by atoms with Crippen LogP contribution < -0.4 is 0 Å². The molecule has 1 unspecified atom stereocenters. The van der Waals surface area contributed by atoms with Crippen molar-refractivity contribution in [2.45, 2.75) is 13.0 Å². The first-order chi connectivity index (χ1) is 7.72. The summed E-state index contributed by atoms with van der Waals surface area (Å²) in [6.45, 7) is 3.03. The SMILES string of the molecule is Cc1[nH]ncc1C(=O)N1CCOC(C#N)C1. The Bertz CT molecular complexity index is 434. The van der Waals surface area contributed by atoms with Crippen molar-refractivity contribution in [2.75, 3.05) is 19.7 Å². The molecule has 84 valence electrons. The van der Waals surface area contributed by atoms with Gasteiger partial charge >= 0.3 is 0 Å². The minimum atomic E-state index is -0.523. The molecule has 0 aliphatic carbocycles. The largest absolute Gasteiger partial charge is 0.360 e. The molecule has 0 aromatic carbocycles. The van der Waals surface area contributed by atoms with E-state index in [0.29, 0.717) is 25.3 Å². The van der Waals surface area contributed by atoms with Gasteiger partial charge in [-0.2, -0.15) is 10.4 Å². The van der Waals surface area contributed by atoms with E-state index in [-0.39, 0.29) is 5.91 Å². The lowest BCUT2D eigenvalue weighted by atomic mass is 10.2. The maximum Gasteiger partial charge on any atom is 0.257 e. The Kier molecular flexibility index (Phi) is 2.88. The first kappa shape index (κ1) is 10.6. The van der Waals surface area contributed by atoms with E-state index in [9.17, 15) is 4.79 Å². The highest BCUT2D eigenvalue weighted by molar-refractivity contribution is 5.95. The summed E-state index contributed by atoms with van der Waals surface area (Å²) in [5, 5.41) is 15.3. The summed E-state index contributed by atoms with van der Waals surface area (Å²) < 4.78 is 5.18. The number of hydrogen-bond donors (Lipinski definition) is 1. The summed E-state index contributed by atoms with van der Waals surface area (Å²) in [6.07, 6.45) is 0.985. The minimum Gasteiger partial charge on any atom is -0.360 e. The lowest BCUT2D eigenvalue weighted by molar-refractivity contribution is 0.00343. The van der Waals surface area contributed by atoms with Crippen LogP contribution in [0.2, 0.25) is 0 Å². The Balaban J connectivity index is 2.11. The summed E-state index contributed by atoms with van der Waals surface area (Å²) in [4.78, 5) is 13.7. The van der Waals surface area contributed by atoms with Crippen molar-refractivity contribution in [3.05, 3.63) is 17.5 Å². The van der Waals surface area contributed by atoms with E-state index in [1.807, 2.05) is 6.07 Å². The Morgan fingerprint density at radius 3 is 3.25 bits per heavy atom. The van der Waals surface area contributed by atoms with Crippen LogP contribution in [0.5, 0.6) is 0 Å². The van der Waals surface area contributed by atoms with Crippen LogP contribution in [0.4, 0.5) is 0 Å². The van der Waals surface area contributed by atoms with Crippen LogP contribution in [0.3, 0.4) is 0 Å². The lowest BCUT2D eigenvalue weighted by Gasteiger charge is -2.29. The molecule has 0 saturated carbocycles. The Labute approximate surface area is 92.8 Å². The number of H-pyrrole nitrogens is 1. The number of aromatic amines is 1. The van der Waals surface area contributed by atoms with Crippen LogP contribution in [-0.4, -0.2) is 46.8 Å². The van der Waals surface area contributed by atoms with E-state index >= 15 is 0 Å². The average molecular weight is 220 g/mol. The molecule has 1 fully saturated rings. The molecule has 6 heteroatoms. The fourth-order valence-electron chi connectivity index (χ4n) is 1.65. The standard InChI is InChI=1S/C10H12N4O2/c1-7-9(5-12-13-7)10(15)14-2-3-16-8(4-11)6-14/h5,8H,2-3,6H2,1H3,(H,12,13). The summed E-state index contributed by atoms with van der Waals surface area (Å²) in [6, 6.07) is 2.01. The number of hydrogen-bond acceptors (Lipinski definition) is 4. The van der Waals surface area contributed by atoms with Gasteiger partial charge in [0.15, 0.2) is 6.10 Å². The second-order valence-corrected chi connectivity index (χ2v) is 3.65. The number of nitriles is 1. The number of nitrogens with one attached hydrogen (secondary N) is 1. The van der Waals surface area contributed by atoms with Crippen LogP contribution >= 0.6 is 0 Å². The van der Waals surface area contributed by atoms with E-state index in [1.54, 1.807) is 11.8 Å². The van der Waals surface area contributed by atoms with Gasteiger partial charge in [-0.15, -0.1) is 0 Å². The van der Waals surface area contributed by atoms with Crippen molar-refractivity contribution in [3.63, 3.8) is 0 Å². The summed E-state index contributed by atoms with van der Waals surface area (Å²) in [7, 11) is 0. The maximum absolute atomic E-state index is 12.0. The number of nitrogens with zero attached hydrogens (tertiary/aromatic N) is 3. The van der Waals surface area contributed by atoms with Crippen molar-refractivity contribution in [2.24, 2.45) is 0 Å². The van der Waals surface area contributed by atoms with Gasteiger partial charge in [-0.3, -0.25) is 9.89 Å². The summed E-state index contributed by atoms with van der Waals surface area (Å²) in [5.74, 6) is -0.102. The third kappa shape index (κ3) is 1.90. The normalized spacial score (nSPS) is 20.5. The molecule has 1 aromatic heterocycles. The highest BCUT2D eigenvalue weighted by Gasteiger charge is 2.26. The number of rotatable bonds is 1. The van der Waals surface area contributed by atoms with Crippen LogP contribution in [0.15, 0.2) is 6.20 Å². The smallest absolute Gasteiger partial charge is 0.257 e. The third-order valence-electron chi connectivity index (χ3n) is 2.56. The van der Waals surface area contributed by atoms with E-state index in [4.69, 9.17) is 10.00 Å². The maximum atomic E-state index is 12.0. The van der Waals surface area contributed by atoms with Gasteiger partial charge in [-0.05, 0) is 6.92 Å². The molecule has 0 spiro atoms. The number of aromatic nitrogens is 2. The molecule has 6 nitrogen and oxygen atoms in total. The molecule has 16 heavy (non-hydrogen) atoms. The molecule has 0 radical (unpaired) electrons. The third-order valence-corrected chi connectivity index (χ3v) is 2.56. The van der Waals surface area contributed by atoms with Crippen molar-refractivity contribution in [1.82, 2.24) is 15.1 Å². The summed E-state index contributed by atoms with van der Waals surface area (Å²) >= 11 is 0. The predicted octanol–water partition coefficient (Wildman–Crippen LogP) is 0.0827. The van der Waals surface area contributed by atoms with Crippen LogP contribution in [0.1, 0.15) is 16.1 Å². The van der Waals surface area contributed by atoms with Crippen molar-refractivity contribution < 1.29 is 9.53 Å². The van der Waals surface area contributed by atoms with Gasteiger partial charge in [0.05, 0.1) is 31.0 Å². The molecule has 1 N–H and O–H groups in total. The van der Waals surface area contributed by atoms with E-state index in [1.165, 1.54) is 6.20 Å². The molecule has 0 bridgehead atoms. The topological polar surface area (TPSA) is 82.0 Å². The molecule has 1 atom stereocenters.